The normalized spacial score (nSPS) is 10.9. The highest BCUT2D eigenvalue weighted by Crippen LogP contribution is 2.27. The number of non-ortho nitro benzene ring substituents is 1. The largest absolute Gasteiger partial charge is 0.322 e. The van der Waals surface area contributed by atoms with E-state index in [4.69, 9.17) is 0 Å². The second-order valence-electron chi connectivity index (χ2n) is 8.13. The maximum absolute atomic E-state index is 13.6. The van der Waals surface area contributed by atoms with Crippen molar-refractivity contribution in [3.8, 4) is 0 Å². The Balaban J connectivity index is 1.84. The summed E-state index contributed by atoms with van der Waals surface area (Å²) in [5.41, 5.74) is 4.46. The second-order valence-corrected chi connectivity index (χ2v) is 8.13. The number of H-pyrrole nitrogens is 1. The zero-order valence-corrected chi connectivity index (χ0v) is 18.6. The molecule has 0 saturated carbocycles. The predicted octanol–water partition coefficient (Wildman–Crippen LogP) is 5.21. The first-order valence-corrected chi connectivity index (χ1v) is 10.5. The number of hydrogen-bond acceptors (Lipinski definition) is 4. The van der Waals surface area contributed by atoms with Crippen LogP contribution in [-0.4, -0.2) is 15.8 Å². The van der Waals surface area contributed by atoms with Gasteiger partial charge in [0.05, 0.1) is 11.5 Å². The lowest BCUT2D eigenvalue weighted by Gasteiger charge is -2.25. The number of aryl methyl sites for hydroxylation is 2. The molecule has 0 fully saturated rings. The number of nitro groups is 1. The Kier molecular flexibility index (Phi) is 5.79. The lowest BCUT2D eigenvalue weighted by molar-refractivity contribution is -0.384. The summed E-state index contributed by atoms with van der Waals surface area (Å²) in [6.07, 6.45) is 0. The first-order chi connectivity index (χ1) is 15.7. The van der Waals surface area contributed by atoms with Crippen LogP contribution in [0.5, 0.6) is 0 Å². The van der Waals surface area contributed by atoms with Gasteiger partial charge < -0.3 is 9.88 Å². The molecule has 4 rings (SSSR count). The third-order valence-electron chi connectivity index (χ3n) is 5.82. The van der Waals surface area contributed by atoms with Crippen molar-refractivity contribution < 1.29 is 9.72 Å². The van der Waals surface area contributed by atoms with Crippen molar-refractivity contribution in [2.45, 2.75) is 27.3 Å². The number of pyridine rings is 1. The van der Waals surface area contributed by atoms with E-state index in [-0.39, 0.29) is 23.4 Å². The Morgan fingerprint density at radius 1 is 1.00 bits per heavy atom. The molecule has 0 atom stereocenters. The Hall–Kier alpha value is -4.26. The molecule has 1 amide bonds. The molecule has 0 radical (unpaired) electrons. The Labute approximate surface area is 190 Å². The number of aromatic nitrogens is 1. The van der Waals surface area contributed by atoms with Crippen LogP contribution in [0, 0.1) is 30.9 Å². The monoisotopic (exact) mass is 441 g/mol. The number of nitrogens with one attached hydrogen (secondary N) is 1. The number of hydrogen-bond donors (Lipinski definition) is 1. The topological polar surface area (TPSA) is 96.3 Å². The lowest BCUT2D eigenvalue weighted by atomic mass is 10.0. The van der Waals surface area contributed by atoms with Crippen LogP contribution in [0.3, 0.4) is 0 Å². The van der Waals surface area contributed by atoms with Gasteiger partial charge in [0.1, 0.15) is 0 Å². The second kappa shape index (κ2) is 8.70. The molecule has 166 valence electrons. The van der Waals surface area contributed by atoms with Crippen LogP contribution >= 0.6 is 0 Å². The first kappa shape index (κ1) is 22.0. The van der Waals surface area contributed by atoms with Gasteiger partial charge in [-0.3, -0.25) is 19.7 Å². The van der Waals surface area contributed by atoms with Gasteiger partial charge in [0.15, 0.2) is 0 Å². The van der Waals surface area contributed by atoms with Gasteiger partial charge in [0.25, 0.3) is 17.2 Å². The molecule has 0 aliphatic carbocycles. The zero-order chi connectivity index (χ0) is 23.7. The highest BCUT2D eigenvalue weighted by atomic mass is 16.6. The number of nitro benzene ring substituents is 1. The smallest absolute Gasteiger partial charge is 0.270 e. The minimum Gasteiger partial charge on any atom is -0.322 e. The van der Waals surface area contributed by atoms with Gasteiger partial charge in [-0.1, -0.05) is 29.8 Å². The maximum Gasteiger partial charge on any atom is 0.270 e. The fraction of sp³-hybridized carbons (Fsp3) is 0.154. The lowest BCUT2D eigenvalue weighted by Crippen LogP contribution is -2.33. The molecule has 0 unspecified atom stereocenters. The van der Waals surface area contributed by atoms with Crippen LogP contribution in [0.1, 0.15) is 32.6 Å². The maximum atomic E-state index is 13.6. The van der Waals surface area contributed by atoms with Crippen molar-refractivity contribution in [1.82, 2.24) is 4.98 Å². The van der Waals surface area contributed by atoms with Crippen LogP contribution in [0.4, 0.5) is 11.4 Å². The summed E-state index contributed by atoms with van der Waals surface area (Å²) >= 11 is 0. The number of aromatic amines is 1. The highest BCUT2D eigenvalue weighted by Gasteiger charge is 2.23. The fourth-order valence-electron chi connectivity index (χ4n) is 3.86. The Morgan fingerprint density at radius 2 is 1.76 bits per heavy atom. The van der Waals surface area contributed by atoms with E-state index in [0.29, 0.717) is 11.3 Å². The average molecular weight is 441 g/mol. The molecule has 0 saturated heterocycles. The molecule has 3 aromatic carbocycles. The van der Waals surface area contributed by atoms with Crippen LogP contribution in [0.25, 0.3) is 10.9 Å². The number of carbonyl (C=O) groups excluding carboxylic acids is 1. The highest BCUT2D eigenvalue weighted by molar-refractivity contribution is 6.06. The van der Waals surface area contributed by atoms with Crippen molar-refractivity contribution in [3.63, 3.8) is 0 Å². The van der Waals surface area contributed by atoms with Gasteiger partial charge in [-0.2, -0.15) is 0 Å². The van der Waals surface area contributed by atoms with Gasteiger partial charge >= 0.3 is 0 Å². The number of anilines is 1. The van der Waals surface area contributed by atoms with E-state index in [2.05, 4.69) is 4.98 Å². The predicted molar refractivity (Wildman–Crippen MR) is 129 cm³/mol. The number of carbonyl (C=O) groups is 1. The molecule has 0 aliphatic heterocycles. The van der Waals surface area contributed by atoms with E-state index in [9.17, 15) is 19.7 Å². The molecule has 1 N–H and O–H groups in total. The summed E-state index contributed by atoms with van der Waals surface area (Å²) in [5.74, 6) is -0.420. The van der Waals surface area contributed by atoms with E-state index in [1.807, 2.05) is 57.2 Å². The Bertz CT molecular complexity index is 1460. The number of fused-ring (bicyclic) bond motifs is 1. The van der Waals surface area contributed by atoms with Gasteiger partial charge in [0, 0.05) is 34.5 Å². The minimum absolute atomic E-state index is 0.0189. The summed E-state index contributed by atoms with van der Waals surface area (Å²) < 4.78 is 0. The van der Waals surface area contributed by atoms with Crippen molar-refractivity contribution in [2.75, 3.05) is 4.90 Å². The quantitative estimate of drug-likeness (QED) is 0.340. The molecule has 7 heteroatoms. The molecule has 0 spiro atoms. The van der Waals surface area contributed by atoms with Crippen molar-refractivity contribution in [1.29, 1.82) is 0 Å². The SMILES string of the molecule is Cc1ccc2[nH]c(=O)c(CN(C(=O)c3cccc([N+](=O)[O-])c3)c3cccc(C)c3C)cc2c1. The van der Waals surface area contributed by atoms with Crippen molar-refractivity contribution >= 4 is 28.2 Å². The number of nitrogens with zero attached hydrogens (tertiary/aromatic N) is 2. The van der Waals surface area contributed by atoms with Gasteiger partial charge in [-0.05, 0) is 67.6 Å². The summed E-state index contributed by atoms with van der Waals surface area (Å²) in [6, 6.07) is 18.8. The van der Waals surface area contributed by atoms with Crippen LogP contribution in [-0.2, 0) is 6.54 Å². The molecule has 1 aromatic heterocycles. The van der Waals surface area contributed by atoms with Crippen LogP contribution < -0.4 is 10.5 Å². The third-order valence-corrected chi connectivity index (χ3v) is 5.82. The molecular weight excluding hydrogens is 418 g/mol. The molecule has 0 bridgehead atoms. The van der Waals surface area contributed by atoms with Crippen molar-refractivity contribution in [3.05, 3.63) is 115 Å². The molecule has 0 aliphatic rings. The van der Waals surface area contributed by atoms with E-state index >= 15 is 0 Å². The third kappa shape index (κ3) is 4.39. The summed E-state index contributed by atoms with van der Waals surface area (Å²) in [6.45, 7) is 5.84. The Morgan fingerprint density at radius 3 is 2.52 bits per heavy atom. The summed E-state index contributed by atoms with van der Waals surface area (Å²) in [4.78, 5) is 41.6. The molecular formula is C26H23N3O4. The van der Waals surface area contributed by atoms with E-state index in [1.54, 1.807) is 12.1 Å². The molecule has 33 heavy (non-hydrogen) atoms. The standard InChI is InChI=1S/C26H23N3O4/c1-16-10-11-23-20(12-16)13-21(25(30)27-23)15-28(24-9-4-6-17(2)18(24)3)26(31)19-7-5-8-22(14-19)29(32)33/h4-14H,15H2,1-3H3,(H,27,30). The number of amides is 1. The number of benzene rings is 3. The van der Waals surface area contributed by atoms with Crippen LogP contribution in [0.15, 0.2) is 71.5 Å². The van der Waals surface area contributed by atoms with Gasteiger partial charge in [-0.25, -0.2) is 0 Å². The van der Waals surface area contributed by atoms with Crippen LogP contribution in [0.2, 0.25) is 0 Å². The van der Waals surface area contributed by atoms with Crippen molar-refractivity contribution in [2.24, 2.45) is 0 Å². The first-order valence-electron chi connectivity index (χ1n) is 10.5. The minimum atomic E-state index is -0.532. The van der Waals surface area contributed by atoms with E-state index < -0.39 is 10.8 Å². The number of rotatable bonds is 5. The summed E-state index contributed by atoms with van der Waals surface area (Å²) in [5, 5.41) is 12.1. The molecule has 1 heterocycles. The molecule has 7 nitrogen and oxygen atoms in total. The van der Waals surface area contributed by atoms with Gasteiger partial charge in [0.2, 0.25) is 0 Å². The summed E-state index contributed by atoms with van der Waals surface area (Å²) in [7, 11) is 0. The van der Waals surface area contributed by atoms with E-state index in [1.165, 1.54) is 23.1 Å². The fourth-order valence-corrected chi connectivity index (χ4v) is 3.86. The van der Waals surface area contributed by atoms with Gasteiger partial charge in [-0.15, -0.1) is 0 Å². The average Bonchev–Trinajstić information content (AvgIpc) is 2.79. The zero-order valence-electron chi connectivity index (χ0n) is 18.6. The van der Waals surface area contributed by atoms with E-state index in [0.717, 1.165) is 27.6 Å². The molecule has 4 aromatic rings.